The Bertz CT molecular complexity index is 509. The minimum atomic E-state index is -0.754. The molecular weight excluding hydrogens is 246 g/mol. The zero-order valence-electron chi connectivity index (χ0n) is 12.3. The summed E-state index contributed by atoms with van der Waals surface area (Å²) in [6.07, 6.45) is 4.41. The van der Waals surface area contributed by atoms with Gasteiger partial charge in [0.1, 0.15) is 0 Å². The monoisotopic (exact) mass is 269 g/mol. The van der Waals surface area contributed by atoms with Gasteiger partial charge < -0.3 is 5.11 Å². The van der Waals surface area contributed by atoms with E-state index < -0.39 is 5.60 Å². The number of aliphatic hydroxyl groups is 1. The fraction of sp³-hybridized carbons (Fsp3) is 0.389. The normalized spacial score (nSPS) is 14.2. The quantitative estimate of drug-likeness (QED) is 0.861. The van der Waals surface area contributed by atoms with E-state index in [-0.39, 0.29) is 5.92 Å². The van der Waals surface area contributed by atoms with Gasteiger partial charge in [-0.15, -0.1) is 0 Å². The van der Waals surface area contributed by atoms with E-state index in [4.69, 9.17) is 0 Å². The van der Waals surface area contributed by atoms with Crippen LogP contribution in [-0.4, -0.2) is 10.1 Å². The molecule has 0 fully saturated rings. The third kappa shape index (κ3) is 3.45. The summed E-state index contributed by atoms with van der Waals surface area (Å²) in [5, 5.41) is 11.0. The first-order chi connectivity index (χ1) is 9.63. The van der Waals surface area contributed by atoms with Crippen molar-refractivity contribution in [2.24, 2.45) is 5.92 Å². The van der Waals surface area contributed by atoms with Crippen LogP contribution >= 0.6 is 0 Å². The van der Waals surface area contributed by atoms with Crippen molar-refractivity contribution < 1.29 is 5.11 Å². The van der Waals surface area contributed by atoms with E-state index in [2.05, 4.69) is 18.8 Å². The van der Waals surface area contributed by atoms with Gasteiger partial charge in [-0.25, -0.2) is 0 Å². The lowest BCUT2D eigenvalue weighted by Gasteiger charge is -2.33. The van der Waals surface area contributed by atoms with Crippen LogP contribution in [0.5, 0.6) is 0 Å². The smallest absolute Gasteiger partial charge is 0.0919 e. The van der Waals surface area contributed by atoms with Gasteiger partial charge in [-0.1, -0.05) is 50.2 Å². The number of hydrogen-bond acceptors (Lipinski definition) is 2. The summed E-state index contributed by atoms with van der Waals surface area (Å²) in [4.78, 5) is 4.33. The van der Waals surface area contributed by atoms with E-state index in [1.54, 1.807) is 0 Å². The standard InChI is InChI=1S/C18H23NO/c1-15(2)18(20,16-9-4-3-5-10-16)13-8-12-17-11-6-7-14-19-17/h3-7,9-11,14-15,20H,8,12-13H2,1-2H3/t18-/m0/s1. The lowest BCUT2D eigenvalue weighted by atomic mass is 9.79. The first-order valence-corrected chi connectivity index (χ1v) is 7.31. The van der Waals surface area contributed by atoms with Gasteiger partial charge in [0.2, 0.25) is 0 Å². The van der Waals surface area contributed by atoms with Crippen molar-refractivity contribution in [1.82, 2.24) is 4.98 Å². The molecule has 1 N–H and O–H groups in total. The molecule has 0 bridgehead atoms. The second-order valence-electron chi connectivity index (χ2n) is 5.62. The van der Waals surface area contributed by atoms with Crippen molar-refractivity contribution in [3.8, 4) is 0 Å². The van der Waals surface area contributed by atoms with Crippen LogP contribution in [0, 0.1) is 5.92 Å². The van der Waals surface area contributed by atoms with Crippen LogP contribution in [0.3, 0.4) is 0 Å². The molecule has 1 aromatic heterocycles. The third-order valence-electron chi connectivity index (χ3n) is 3.95. The lowest BCUT2D eigenvalue weighted by Crippen LogP contribution is -2.32. The highest BCUT2D eigenvalue weighted by Gasteiger charge is 2.32. The Morgan fingerprint density at radius 3 is 2.35 bits per heavy atom. The van der Waals surface area contributed by atoms with Crippen molar-refractivity contribution in [2.75, 3.05) is 0 Å². The Morgan fingerprint density at radius 2 is 1.75 bits per heavy atom. The van der Waals surface area contributed by atoms with Gasteiger partial charge in [0.05, 0.1) is 5.60 Å². The third-order valence-corrected chi connectivity index (χ3v) is 3.95. The summed E-state index contributed by atoms with van der Waals surface area (Å²) in [6, 6.07) is 16.0. The maximum Gasteiger partial charge on any atom is 0.0919 e. The molecule has 2 nitrogen and oxygen atoms in total. The molecule has 1 heterocycles. The highest BCUT2D eigenvalue weighted by molar-refractivity contribution is 5.23. The number of pyridine rings is 1. The second-order valence-corrected chi connectivity index (χ2v) is 5.62. The topological polar surface area (TPSA) is 33.1 Å². The van der Waals surface area contributed by atoms with Crippen molar-refractivity contribution in [3.05, 3.63) is 66.0 Å². The van der Waals surface area contributed by atoms with Crippen LogP contribution < -0.4 is 0 Å². The van der Waals surface area contributed by atoms with Crippen molar-refractivity contribution in [2.45, 2.75) is 38.7 Å². The lowest BCUT2D eigenvalue weighted by molar-refractivity contribution is -0.0202. The number of nitrogens with zero attached hydrogens (tertiary/aromatic N) is 1. The van der Waals surface area contributed by atoms with Crippen LogP contribution in [0.25, 0.3) is 0 Å². The first-order valence-electron chi connectivity index (χ1n) is 7.31. The van der Waals surface area contributed by atoms with Gasteiger partial charge in [0.25, 0.3) is 0 Å². The van der Waals surface area contributed by atoms with Gasteiger partial charge in [-0.2, -0.15) is 0 Å². The zero-order valence-corrected chi connectivity index (χ0v) is 12.3. The molecule has 0 saturated heterocycles. The SMILES string of the molecule is CC(C)[C@@](O)(CCCc1ccccn1)c1ccccc1. The molecule has 2 heteroatoms. The fourth-order valence-electron chi connectivity index (χ4n) is 2.58. The maximum absolute atomic E-state index is 11.0. The number of aromatic nitrogens is 1. The summed E-state index contributed by atoms with van der Waals surface area (Å²) in [5.41, 5.74) is 1.35. The zero-order chi connectivity index (χ0) is 14.4. The molecule has 1 atom stereocenters. The van der Waals surface area contributed by atoms with E-state index in [1.807, 2.05) is 54.7 Å². The highest BCUT2D eigenvalue weighted by atomic mass is 16.3. The minimum absolute atomic E-state index is 0.189. The maximum atomic E-state index is 11.0. The van der Waals surface area contributed by atoms with Crippen molar-refractivity contribution >= 4 is 0 Å². The van der Waals surface area contributed by atoms with Crippen LogP contribution in [0.1, 0.15) is 37.9 Å². The number of hydrogen-bond donors (Lipinski definition) is 1. The first kappa shape index (κ1) is 14.7. The Labute approximate surface area is 121 Å². The Morgan fingerprint density at radius 1 is 1.05 bits per heavy atom. The molecule has 0 aliphatic heterocycles. The predicted octanol–water partition coefficient (Wildman–Crippen LogP) is 3.95. The average molecular weight is 269 g/mol. The number of benzene rings is 1. The summed E-state index contributed by atoms with van der Waals surface area (Å²) >= 11 is 0. The van der Waals surface area contributed by atoms with Crippen LogP contribution in [-0.2, 0) is 12.0 Å². The number of rotatable bonds is 6. The summed E-state index contributed by atoms with van der Waals surface area (Å²) in [6.45, 7) is 4.15. The Kier molecular flexibility index (Phi) is 4.91. The van der Waals surface area contributed by atoms with Gasteiger partial charge in [-0.3, -0.25) is 4.98 Å². The molecule has 0 unspecified atom stereocenters. The number of aryl methyl sites for hydroxylation is 1. The van der Waals surface area contributed by atoms with E-state index in [0.29, 0.717) is 0 Å². The van der Waals surface area contributed by atoms with Crippen molar-refractivity contribution in [3.63, 3.8) is 0 Å². The van der Waals surface area contributed by atoms with Crippen LogP contribution in [0.4, 0.5) is 0 Å². The molecule has 0 saturated carbocycles. The van der Waals surface area contributed by atoms with E-state index >= 15 is 0 Å². The Balaban J connectivity index is 2.03. The molecular formula is C18H23NO. The van der Waals surface area contributed by atoms with E-state index in [1.165, 1.54) is 0 Å². The summed E-state index contributed by atoms with van der Waals surface area (Å²) in [7, 11) is 0. The molecule has 0 amide bonds. The molecule has 2 aromatic rings. The molecule has 0 aliphatic carbocycles. The largest absolute Gasteiger partial charge is 0.385 e. The van der Waals surface area contributed by atoms with Crippen LogP contribution in [0.15, 0.2) is 54.7 Å². The van der Waals surface area contributed by atoms with Gasteiger partial charge in [0, 0.05) is 11.9 Å². The molecule has 1 aromatic carbocycles. The molecule has 2 rings (SSSR count). The minimum Gasteiger partial charge on any atom is -0.385 e. The molecule has 106 valence electrons. The molecule has 20 heavy (non-hydrogen) atoms. The fourth-order valence-corrected chi connectivity index (χ4v) is 2.58. The second kappa shape index (κ2) is 6.67. The van der Waals surface area contributed by atoms with E-state index in [0.717, 1.165) is 30.5 Å². The molecule has 0 spiro atoms. The van der Waals surface area contributed by atoms with E-state index in [9.17, 15) is 5.11 Å². The van der Waals surface area contributed by atoms with Crippen molar-refractivity contribution in [1.29, 1.82) is 0 Å². The molecule has 0 aliphatic rings. The van der Waals surface area contributed by atoms with Gasteiger partial charge in [0.15, 0.2) is 0 Å². The highest BCUT2D eigenvalue weighted by Crippen LogP contribution is 2.34. The molecule has 0 radical (unpaired) electrons. The predicted molar refractivity (Wildman–Crippen MR) is 82.4 cm³/mol. The summed E-state index contributed by atoms with van der Waals surface area (Å²) in [5.74, 6) is 0.189. The van der Waals surface area contributed by atoms with Gasteiger partial charge in [-0.05, 0) is 42.9 Å². The Hall–Kier alpha value is -1.67. The van der Waals surface area contributed by atoms with Gasteiger partial charge >= 0.3 is 0 Å². The summed E-state index contributed by atoms with van der Waals surface area (Å²) < 4.78 is 0. The van der Waals surface area contributed by atoms with Crippen LogP contribution in [0.2, 0.25) is 0 Å². The average Bonchev–Trinajstić information content (AvgIpc) is 2.49.